The van der Waals surface area contributed by atoms with Crippen molar-refractivity contribution in [2.75, 3.05) is 39.8 Å². The van der Waals surface area contributed by atoms with Crippen molar-refractivity contribution in [1.82, 2.24) is 14.1 Å². The number of hydrogen-bond acceptors (Lipinski definition) is 4. The van der Waals surface area contributed by atoms with Crippen molar-refractivity contribution in [3.05, 3.63) is 65.2 Å². The molecule has 6 nitrogen and oxygen atoms in total. The molecule has 1 saturated heterocycles. The maximum absolute atomic E-state index is 12.7. The van der Waals surface area contributed by atoms with Gasteiger partial charge in [0.2, 0.25) is 15.9 Å². The Kier molecular flexibility index (Phi) is 6.72. The van der Waals surface area contributed by atoms with Gasteiger partial charge in [0.05, 0.1) is 11.4 Å². The third-order valence-electron chi connectivity index (χ3n) is 4.72. The number of nitrogens with zero attached hydrogens (tertiary/aromatic N) is 3. The first kappa shape index (κ1) is 20.8. The van der Waals surface area contributed by atoms with E-state index in [0.29, 0.717) is 37.7 Å². The molecule has 1 aliphatic heterocycles. The van der Waals surface area contributed by atoms with Crippen molar-refractivity contribution in [2.24, 2.45) is 0 Å². The van der Waals surface area contributed by atoms with E-state index in [1.807, 2.05) is 36.2 Å². The van der Waals surface area contributed by atoms with E-state index in [1.54, 1.807) is 35.2 Å². The molecule has 0 saturated carbocycles. The minimum Gasteiger partial charge on any atom is -0.339 e. The van der Waals surface area contributed by atoms with Gasteiger partial charge in [0, 0.05) is 37.7 Å². The molecule has 0 spiro atoms. The largest absolute Gasteiger partial charge is 0.339 e. The van der Waals surface area contributed by atoms with Crippen LogP contribution in [0.5, 0.6) is 0 Å². The van der Waals surface area contributed by atoms with Gasteiger partial charge in [-0.1, -0.05) is 41.9 Å². The highest BCUT2D eigenvalue weighted by Gasteiger charge is 2.30. The fraction of sp³-hybridized carbons (Fsp3) is 0.350. The Hall–Kier alpha value is -1.93. The van der Waals surface area contributed by atoms with Gasteiger partial charge in [-0.25, -0.2) is 8.42 Å². The summed E-state index contributed by atoms with van der Waals surface area (Å²) in [6.07, 6.45) is 0. The van der Waals surface area contributed by atoms with Gasteiger partial charge < -0.3 is 4.90 Å². The lowest BCUT2D eigenvalue weighted by atomic mass is 10.2. The van der Waals surface area contributed by atoms with E-state index < -0.39 is 10.0 Å². The van der Waals surface area contributed by atoms with Gasteiger partial charge in [0.1, 0.15) is 0 Å². The number of amides is 1. The average molecular weight is 422 g/mol. The molecular weight excluding hydrogens is 398 g/mol. The summed E-state index contributed by atoms with van der Waals surface area (Å²) >= 11 is 6.00. The van der Waals surface area contributed by atoms with Gasteiger partial charge >= 0.3 is 0 Å². The molecule has 2 aromatic carbocycles. The minimum absolute atomic E-state index is 0.00119. The molecule has 0 aliphatic carbocycles. The summed E-state index contributed by atoms with van der Waals surface area (Å²) in [6.45, 7) is 2.31. The van der Waals surface area contributed by atoms with Crippen LogP contribution in [0.1, 0.15) is 5.56 Å². The van der Waals surface area contributed by atoms with Crippen LogP contribution in [-0.2, 0) is 21.4 Å². The number of rotatable bonds is 6. The number of sulfonamides is 1. The molecule has 1 aliphatic rings. The van der Waals surface area contributed by atoms with E-state index in [4.69, 9.17) is 11.6 Å². The zero-order valence-electron chi connectivity index (χ0n) is 15.8. The molecule has 0 bridgehead atoms. The van der Waals surface area contributed by atoms with E-state index in [-0.39, 0.29) is 17.3 Å². The summed E-state index contributed by atoms with van der Waals surface area (Å²) in [5, 5.41) is 0.674. The van der Waals surface area contributed by atoms with Gasteiger partial charge in [0.15, 0.2) is 0 Å². The first-order valence-corrected chi connectivity index (χ1v) is 10.9. The highest BCUT2D eigenvalue weighted by atomic mass is 35.5. The maximum atomic E-state index is 12.7. The van der Waals surface area contributed by atoms with Gasteiger partial charge in [-0.3, -0.25) is 9.69 Å². The third-order valence-corrected chi connectivity index (χ3v) is 6.87. The van der Waals surface area contributed by atoms with E-state index in [2.05, 4.69) is 0 Å². The predicted molar refractivity (Wildman–Crippen MR) is 110 cm³/mol. The van der Waals surface area contributed by atoms with Crippen molar-refractivity contribution in [2.45, 2.75) is 11.4 Å². The van der Waals surface area contributed by atoms with Crippen molar-refractivity contribution in [3.63, 3.8) is 0 Å². The second kappa shape index (κ2) is 9.05. The van der Waals surface area contributed by atoms with Gasteiger partial charge in [-0.05, 0) is 36.9 Å². The monoisotopic (exact) mass is 421 g/mol. The zero-order valence-corrected chi connectivity index (χ0v) is 17.4. The molecule has 8 heteroatoms. The van der Waals surface area contributed by atoms with Crippen LogP contribution in [-0.4, -0.2) is 68.2 Å². The zero-order chi connectivity index (χ0) is 20.1. The van der Waals surface area contributed by atoms with Crippen molar-refractivity contribution in [3.8, 4) is 0 Å². The average Bonchev–Trinajstić information content (AvgIpc) is 2.68. The molecule has 0 unspecified atom stereocenters. The number of carbonyl (C=O) groups excluding carboxylic acids is 1. The number of benzene rings is 2. The minimum atomic E-state index is -3.51. The summed E-state index contributed by atoms with van der Waals surface area (Å²) in [5.74, 6) is 0.00119. The first-order valence-electron chi connectivity index (χ1n) is 9.12. The molecule has 150 valence electrons. The SMILES string of the molecule is CN(CC(=O)N1CCN(S(=O)(=O)c2ccccc2)CC1)Cc1cccc(Cl)c1. The molecule has 1 amide bonds. The Bertz CT molecular complexity index is 913. The summed E-state index contributed by atoms with van der Waals surface area (Å²) in [4.78, 5) is 16.5. The molecule has 0 aromatic heterocycles. The maximum Gasteiger partial charge on any atom is 0.243 e. The number of halogens is 1. The fourth-order valence-corrected chi connectivity index (χ4v) is 4.91. The fourth-order valence-electron chi connectivity index (χ4n) is 3.25. The Morgan fingerprint density at radius 3 is 2.36 bits per heavy atom. The topological polar surface area (TPSA) is 60.9 Å². The first-order chi connectivity index (χ1) is 13.4. The van der Waals surface area contributed by atoms with Gasteiger partial charge in [-0.2, -0.15) is 4.31 Å². The summed E-state index contributed by atoms with van der Waals surface area (Å²) in [6, 6.07) is 16.0. The van der Waals surface area contributed by atoms with Crippen molar-refractivity contribution in [1.29, 1.82) is 0 Å². The number of piperazine rings is 1. The molecule has 2 aromatic rings. The summed E-state index contributed by atoms with van der Waals surface area (Å²) < 4.78 is 26.8. The van der Waals surface area contributed by atoms with Crippen LogP contribution in [0.2, 0.25) is 5.02 Å². The summed E-state index contributed by atoms with van der Waals surface area (Å²) in [5.41, 5.74) is 1.04. The molecule has 0 atom stereocenters. The smallest absolute Gasteiger partial charge is 0.243 e. The normalized spacial score (nSPS) is 15.8. The third kappa shape index (κ3) is 5.11. The lowest BCUT2D eigenvalue weighted by Crippen LogP contribution is -2.52. The molecular formula is C20H24ClN3O3S. The molecule has 28 heavy (non-hydrogen) atoms. The highest BCUT2D eigenvalue weighted by molar-refractivity contribution is 7.89. The molecule has 0 radical (unpaired) electrons. The van der Waals surface area contributed by atoms with Gasteiger partial charge in [-0.15, -0.1) is 0 Å². The molecule has 0 N–H and O–H groups in total. The van der Waals surface area contributed by atoms with Crippen LogP contribution in [0, 0.1) is 0 Å². The van der Waals surface area contributed by atoms with Crippen molar-refractivity contribution >= 4 is 27.5 Å². The van der Waals surface area contributed by atoms with Crippen LogP contribution in [0.3, 0.4) is 0 Å². The van der Waals surface area contributed by atoms with E-state index in [1.165, 1.54) is 4.31 Å². The molecule has 3 rings (SSSR count). The Morgan fingerprint density at radius 1 is 1.04 bits per heavy atom. The second-order valence-electron chi connectivity index (χ2n) is 6.90. The van der Waals surface area contributed by atoms with Crippen LogP contribution in [0.25, 0.3) is 0 Å². The Morgan fingerprint density at radius 2 is 1.71 bits per heavy atom. The van der Waals surface area contributed by atoms with Crippen molar-refractivity contribution < 1.29 is 13.2 Å². The number of likely N-dealkylation sites (N-methyl/N-ethyl adjacent to an activating group) is 1. The molecule has 1 heterocycles. The lowest BCUT2D eigenvalue weighted by molar-refractivity contribution is -0.133. The summed E-state index contributed by atoms with van der Waals surface area (Å²) in [7, 11) is -1.62. The Balaban J connectivity index is 1.52. The number of hydrogen-bond donors (Lipinski definition) is 0. The second-order valence-corrected chi connectivity index (χ2v) is 9.27. The lowest BCUT2D eigenvalue weighted by Gasteiger charge is -2.34. The Labute approximate surface area is 171 Å². The van der Waals surface area contributed by atoms with Gasteiger partial charge in [0.25, 0.3) is 0 Å². The standard InChI is InChI=1S/C20H24ClN3O3S/c1-22(15-17-6-5-7-18(21)14-17)16-20(25)23-10-12-24(13-11-23)28(26,27)19-8-3-2-4-9-19/h2-9,14H,10-13,15-16H2,1H3. The van der Waals surface area contributed by atoms with Crippen LogP contribution < -0.4 is 0 Å². The van der Waals surface area contributed by atoms with Crippen LogP contribution in [0.4, 0.5) is 0 Å². The van der Waals surface area contributed by atoms with E-state index in [9.17, 15) is 13.2 Å². The highest BCUT2D eigenvalue weighted by Crippen LogP contribution is 2.17. The quantitative estimate of drug-likeness (QED) is 0.718. The van der Waals surface area contributed by atoms with E-state index in [0.717, 1.165) is 5.56 Å². The van der Waals surface area contributed by atoms with Crippen LogP contribution >= 0.6 is 11.6 Å². The van der Waals surface area contributed by atoms with Crippen LogP contribution in [0.15, 0.2) is 59.5 Å². The predicted octanol–water partition coefficient (Wildman–Crippen LogP) is 2.30. The molecule has 1 fully saturated rings. The number of carbonyl (C=O) groups is 1. The van der Waals surface area contributed by atoms with E-state index >= 15 is 0 Å².